The Labute approximate surface area is 475 Å². The highest BCUT2D eigenvalue weighted by Crippen LogP contribution is 2.49. The summed E-state index contributed by atoms with van der Waals surface area (Å²) in [5, 5.41) is 73.1. The van der Waals surface area contributed by atoms with Crippen LogP contribution < -0.4 is 26.6 Å². The summed E-state index contributed by atoms with van der Waals surface area (Å²) in [4.78, 5) is 15.6. The van der Waals surface area contributed by atoms with Crippen molar-refractivity contribution in [1.29, 1.82) is 10.5 Å². The Morgan fingerprint density at radius 2 is 1.15 bits per heavy atom. The number of nitriles is 2. The molecule has 0 amide bonds. The molecule has 32 heteroatoms. The van der Waals surface area contributed by atoms with Crippen molar-refractivity contribution in [3.63, 3.8) is 0 Å². The molecular weight excluding hydrogens is 1170 g/mol. The third kappa shape index (κ3) is 14.2. The monoisotopic (exact) mass is 1210 g/mol. The zero-order valence-corrected chi connectivity index (χ0v) is 46.6. The number of aliphatic hydroxyl groups excluding tert-OH is 2. The van der Waals surface area contributed by atoms with Crippen LogP contribution in [0, 0.1) is 29.6 Å². The fourth-order valence-corrected chi connectivity index (χ4v) is 11.0. The van der Waals surface area contributed by atoms with Gasteiger partial charge in [0.2, 0.25) is 17.8 Å². The second kappa shape index (κ2) is 24.2. The van der Waals surface area contributed by atoms with Crippen molar-refractivity contribution < 1.29 is 49.1 Å². The third-order valence-electron chi connectivity index (χ3n) is 11.2. The largest absolute Gasteiger partial charge is 0.392 e. The van der Waals surface area contributed by atoms with E-state index in [1.807, 2.05) is 0 Å². The first-order chi connectivity index (χ1) is 38.3. The molecule has 0 fully saturated rings. The standard InChI is InChI=1S/C49H41Cl2N15O11S4/c1-24(67)22-54-47-60-48(55-23-25(2)68)62-49(61-47)58-30-11-7-27(8-12-30)41-36(21-53)45(78-46(41)66-63-32-17-34-33(39(19-32)80(72,73)74)5-4-6-38(34)79(69,70)71)65-64-42-26(3)35(20-52)43(59-44(42)56-29-13-9-28(50)10-14-29)57-31-15-16-37(51)40(18-31)81(75,76)77/h4-19,24-25,67-68H,22-23H2,1-3H3,(H2,56,57,59)(H,69,70,71)(H,72,73,74)(H,75,76,77)(H3,54,55,58,60,61,62). The van der Waals surface area contributed by atoms with Gasteiger partial charge in [-0.15, -0.1) is 20.5 Å². The molecule has 0 saturated heterocycles. The van der Waals surface area contributed by atoms with Gasteiger partial charge in [0.05, 0.1) is 28.5 Å². The van der Waals surface area contributed by atoms with Crippen LogP contribution in [0.5, 0.6) is 0 Å². The van der Waals surface area contributed by atoms with Gasteiger partial charge < -0.3 is 36.8 Å². The Bertz CT molecular complexity index is 4240. The number of nitrogens with one attached hydrogen (secondary N) is 5. The lowest BCUT2D eigenvalue weighted by Gasteiger charge is -2.16. The number of hydrogen-bond acceptors (Lipinski definition) is 24. The quantitative estimate of drug-likeness (QED) is 0.0250. The molecule has 0 saturated carbocycles. The fourth-order valence-electron chi connectivity index (χ4n) is 7.56. The molecule has 26 nitrogen and oxygen atoms in total. The van der Waals surface area contributed by atoms with E-state index in [9.17, 15) is 59.6 Å². The molecule has 416 valence electrons. The summed E-state index contributed by atoms with van der Waals surface area (Å²) in [6.45, 7) is 4.85. The second-order valence-electron chi connectivity index (χ2n) is 17.3. The van der Waals surface area contributed by atoms with Gasteiger partial charge in [0.15, 0.2) is 16.6 Å². The number of thiophene rings is 1. The number of anilines is 8. The first kappa shape index (κ1) is 58.8. The molecule has 8 rings (SSSR count). The van der Waals surface area contributed by atoms with Crippen LogP contribution in [0.3, 0.4) is 0 Å². The second-order valence-corrected chi connectivity index (χ2v) is 23.3. The number of hydrogen-bond donors (Lipinski definition) is 10. The van der Waals surface area contributed by atoms with Crippen molar-refractivity contribution in [2.24, 2.45) is 20.5 Å². The summed E-state index contributed by atoms with van der Waals surface area (Å²) in [6.07, 6.45) is -1.50. The predicted molar refractivity (Wildman–Crippen MR) is 303 cm³/mol. The van der Waals surface area contributed by atoms with Crippen molar-refractivity contribution in [1.82, 2.24) is 19.9 Å². The number of halogens is 2. The molecular formula is C49H41Cl2N15O11S4. The molecule has 0 aliphatic carbocycles. The number of benzene rings is 5. The maximum Gasteiger partial charge on any atom is 0.296 e. The van der Waals surface area contributed by atoms with E-state index in [1.165, 1.54) is 25.1 Å². The Kier molecular flexibility index (Phi) is 17.5. The van der Waals surface area contributed by atoms with Crippen LogP contribution in [0.15, 0.2) is 132 Å². The summed E-state index contributed by atoms with van der Waals surface area (Å²) in [5.41, 5.74) is 0.932. The topological polar surface area (TPSA) is 412 Å². The van der Waals surface area contributed by atoms with Crippen molar-refractivity contribution >= 4 is 144 Å². The van der Waals surface area contributed by atoms with Gasteiger partial charge in [-0.3, -0.25) is 13.7 Å². The van der Waals surface area contributed by atoms with Gasteiger partial charge in [-0.25, -0.2) is 4.98 Å². The van der Waals surface area contributed by atoms with Gasteiger partial charge in [0.1, 0.15) is 43.1 Å². The van der Waals surface area contributed by atoms with E-state index in [1.54, 1.807) is 62.4 Å². The fraction of sp³-hybridized carbons (Fsp3) is 0.143. The molecule has 2 unspecified atom stereocenters. The number of aliphatic hydroxyl groups is 2. The molecule has 2 atom stereocenters. The van der Waals surface area contributed by atoms with Crippen LogP contribution in [0.1, 0.15) is 30.5 Å². The average molecular weight is 1220 g/mol. The molecule has 5 aromatic carbocycles. The Morgan fingerprint density at radius 1 is 0.593 bits per heavy atom. The number of aromatic nitrogens is 4. The maximum atomic E-state index is 12.7. The van der Waals surface area contributed by atoms with Crippen LogP contribution in [-0.4, -0.2) is 94.4 Å². The van der Waals surface area contributed by atoms with E-state index >= 15 is 0 Å². The van der Waals surface area contributed by atoms with Gasteiger partial charge in [-0.05, 0) is 99.1 Å². The van der Waals surface area contributed by atoms with E-state index in [0.29, 0.717) is 22.0 Å². The highest BCUT2D eigenvalue weighted by Gasteiger charge is 2.25. The van der Waals surface area contributed by atoms with Crippen LogP contribution in [-0.2, 0) is 30.4 Å². The molecule has 10 N–H and O–H groups in total. The van der Waals surface area contributed by atoms with Crippen LogP contribution in [0.4, 0.5) is 67.9 Å². The minimum Gasteiger partial charge on any atom is -0.392 e. The lowest BCUT2D eigenvalue weighted by atomic mass is 10.0. The Hall–Kier alpha value is -8.37. The zero-order chi connectivity index (χ0) is 58.6. The van der Waals surface area contributed by atoms with Gasteiger partial charge in [0.25, 0.3) is 30.4 Å². The van der Waals surface area contributed by atoms with Gasteiger partial charge in [-0.1, -0.05) is 58.8 Å². The lowest BCUT2D eigenvalue weighted by Crippen LogP contribution is -2.20. The summed E-state index contributed by atoms with van der Waals surface area (Å²) in [6, 6.07) is 26.0. The van der Waals surface area contributed by atoms with E-state index < -0.39 is 57.2 Å². The van der Waals surface area contributed by atoms with E-state index in [0.717, 1.165) is 41.7 Å². The molecule has 3 heterocycles. The molecule has 0 aliphatic rings. The minimum atomic E-state index is -5.06. The maximum absolute atomic E-state index is 12.7. The Balaban J connectivity index is 1.27. The number of pyridine rings is 1. The van der Waals surface area contributed by atoms with E-state index in [2.05, 4.69) is 79.1 Å². The lowest BCUT2D eigenvalue weighted by molar-refractivity contribution is 0.208. The first-order valence-electron chi connectivity index (χ1n) is 23.2. The van der Waals surface area contributed by atoms with Crippen molar-refractivity contribution in [3.05, 3.63) is 124 Å². The van der Waals surface area contributed by atoms with E-state index in [4.69, 9.17) is 23.2 Å². The first-order valence-corrected chi connectivity index (χ1v) is 29.1. The average Bonchev–Trinajstić information content (AvgIpc) is 3.89. The van der Waals surface area contributed by atoms with Crippen LogP contribution in [0.2, 0.25) is 10.0 Å². The molecule has 0 aliphatic heterocycles. The molecule has 0 radical (unpaired) electrons. The van der Waals surface area contributed by atoms with Gasteiger partial charge in [-0.2, -0.15) is 50.7 Å². The van der Waals surface area contributed by atoms with Crippen LogP contribution >= 0.6 is 34.5 Å². The number of rotatable bonds is 20. The molecule has 0 spiro atoms. The summed E-state index contributed by atoms with van der Waals surface area (Å²) in [7, 11) is -14.8. The molecule has 3 aromatic heterocycles. The molecule has 0 bridgehead atoms. The smallest absolute Gasteiger partial charge is 0.296 e. The Morgan fingerprint density at radius 3 is 1.74 bits per heavy atom. The molecule has 8 aromatic rings. The minimum absolute atomic E-state index is 0.0209. The van der Waals surface area contributed by atoms with E-state index in [-0.39, 0.29) is 108 Å². The normalized spacial score (nSPS) is 12.7. The number of fused-ring (bicyclic) bond motifs is 1. The number of nitrogens with zero attached hydrogens (tertiary/aromatic N) is 10. The predicted octanol–water partition coefficient (Wildman–Crippen LogP) is 10.9. The van der Waals surface area contributed by atoms with Gasteiger partial charge in [0, 0.05) is 57.1 Å². The van der Waals surface area contributed by atoms with Crippen molar-refractivity contribution in [3.8, 4) is 23.3 Å². The zero-order valence-electron chi connectivity index (χ0n) is 41.9. The number of azo groups is 2. The van der Waals surface area contributed by atoms with Crippen molar-refractivity contribution in [2.45, 2.75) is 47.7 Å². The highest BCUT2D eigenvalue weighted by molar-refractivity contribution is 7.86. The third-order valence-corrected chi connectivity index (χ3v) is 15.6. The van der Waals surface area contributed by atoms with Crippen molar-refractivity contribution in [2.75, 3.05) is 39.7 Å². The summed E-state index contributed by atoms with van der Waals surface area (Å²) < 4.78 is 105. The summed E-state index contributed by atoms with van der Waals surface area (Å²) in [5.74, 6) is 0.128. The highest BCUT2D eigenvalue weighted by atomic mass is 35.5. The van der Waals surface area contributed by atoms with Gasteiger partial charge >= 0.3 is 0 Å². The molecule has 81 heavy (non-hydrogen) atoms. The summed E-state index contributed by atoms with van der Waals surface area (Å²) >= 11 is 13.0. The SMILES string of the molecule is Cc1c(C#N)c(Nc2ccc(Cl)c(S(=O)(=O)O)c2)nc(Nc2ccc(Cl)cc2)c1N=Nc1sc(N=Nc2cc(S(=O)(=O)O)c3cccc(S(=O)(=O)O)c3c2)c(-c2ccc(Nc3nc(NCC(C)O)nc(NCC(C)O)n3)cc2)c1C#N. The van der Waals surface area contributed by atoms with Crippen LogP contribution in [0.25, 0.3) is 21.9 Å².